The highest BCUT2D eigenvalue weighted by atomic mass is 19.4. The number of alkyl halides is 3. The number of hydrogen-bond acceptors (Lipinski definition) is 6. The highest BCUT2D eigenvalue weighted by molar-refractivity contribution is 5.97. The van der Waals surface area contributed by atoms with E-state index in [2.05, 4.69) is 20.3 Å². The summed E-state index contributed by atoms with van der Waals surface area (Å²) in [7, 11) is 0. The standard InChI is InChI=1S/C25H25F5N6O3/c26-21-16(1-3-18(22(21)27)25(28,29)30)14-39-24(38)36-7-5-17(6-8-36)34-9-11-35(12-10-34)23(37)15-2-4-19-20(13-15)32-33-31-19/h1-4,13,17H,5-12,14H2,(H,31,32,33). The third kappa shape index (κ3) is 5.65. The van der Waals surface area contributed by atoms with Gasteiger partial charge in [0.25, 0.3) is 5.91 Å². The van der Waals surface area contributed by atoms with Gasteiger partial charge in [0.1, 0.15) is 12.1 Å². The van der Waals surface area contributed by atoms with Crippen LogP contribution in [0.1, 0.15) is 34.3 Å². The maximum Gasteiger partial charge on any atom is 0.419 e. The Labute approximate surface area is 219 Å². The van der Waals surface area contributed by atoms with Gasteiger partial charge in [-0.1, -0.05) is 11.3 Å². The monoisotopic (exact) mass is 552 g/mol. The zero-order chi connectivity index (χ0) is 27.7. The Kier molecular flexibility index (Phi) is 7.38. The first kappa shape index (κ1) is 26.8. The number of amides is 2. The number of carbonyl (C=O) groups excluding carboxylic acids is 2. The number of piperazine rings is 1. The van der Waals surface area contributed by atoms with Gasteiger partial charge >= 0.3 is 12.3 Å². The molecule has 0 unspecified atom stereocenters. The number of piperidine rings is 1. The van der Waals surface area contributed by atoms with E-state index in [9.17, 15) is 31.5 Å². The molecule has 14 heteroatoms. The summed E-state index contributed by atoms with van der Waals surface area (Å²) in [6.07, 6.45) is -4.45. The van der Waals surface area contributed by atoms with Crippen LogP contribution in [0.5, 0.6) is 0 Å². The lowest BCUT2D eigenvalue weighted by Crippen LogP contribution is -2.54. The molecule has 2 aromatic carbocycles. The van der Waals surface area contributed by atoms with Crippen molar-refractivity contribution in [3.05, 3.63) is 58.7 Å². The van der Waals surface area contributed by atoms with E-state index in [1.165, 1.54) is 4.90 Å². The Morgan fingerprint density at radius 2 is 1.67 bits per heavy atom. The van der Waals surface area contributed by atoms with Gasteiger partial charge in [0.15, 0.2) is 11.6 Å². The maximum absolute atomic E-state index is 14.0. The highest BCUT2D eigenvalue weighted by Gasteiger charge is 2.36. The van der Waals surface area contributed by atoms with Gasteiger partial charge in [-0.15, -0.1) is 5.10 Å². The maximum atomic E-state index is 14.0. The smallest absolute Gasteiger partial charge is 0.419 e. The number of likely N-dealkylation sites (tertiary alicyclic amines) is 1. The zero-order valence-electron chi connectivity index (χ0n) is 20.7. The summed E-state index contributed by atoms with van der Waals surface area (Å²) in [5, 5.41) is 10.4. The molecular formula is C25H25F5N6O3. The number of nitrogens with zero attached hydrogens (tertiary/aromatic N) is 5. The van der Waals surface area contributed by atoms with Crippen LogP contribution in [-0.4, -0.2) is 87.4 Å². The number of aromatic nitrogens is 3. The van der Waals surface area contributed by atoms with E-state index in [1.807, 2.05) is 0 Å². The fourth-order valence-electron chi connectivity index (χ4n) is 5.01. The van der Waals surface area contributed by atoms with Crippen molar-refractivity contribution in [1.82, 2.24) is 30.1 Å². The van der Waals surface area contributed by atoms with Crippen molar-refractivity contribution >= 4 is 23.0 Å². The summed E-state index contributed by atoms with van der Waals surface area (Å²) in [6.45, 7) is 2.58. The number of benzene rings is 2. The summed E-state index contributed by atoms with van der Waals surface area (Å²) < 4.78 is 71.0. The topological polar surface area (TPSA) is 94.7 Å². The molecule has 3 aromatic rings. The van der Waals surface area contributed by atoms with Crippen LogP contribution in [0.2, 0.25) is 0 Å². The summed E-state index contributed by atoms with van der Waals surface area (Å²) in [5.41, 5.74) is -0.253. The first-order valence-electron chi connectivity index (χ1n) is 12.4. The van der Waals surface area contributed by atoms with E-state index in [-0.39, 0.29) is 11.9 Å². The molecule has 3 heterocycles. The first-order valence-corrected chi connectivity index (χ1v) is 12.4. The minimum Gasteiger partial charge on any atom is -0.444 e. The van der Waals surface area contributed by atoms with Gasteiger partial charge in [-0.3, -0.25) is 14.8 Å². The molecule has 2 aliphatic heterocycles. The van der Waals surface area contributed by atoms with E-state index in [1.54, 1.807) is 23.1 Å². The van der Waals surface area contributed by atoms with Gasteiger partial charge < -0.3 is 14.5 Å². The molecule has 208 valence electrons. The number of ether oxygens (including phenoxy) is 1. The van der Waals surface area contributed by atoms with E-state index >= 15 is 0 Å². The van der Waals surface area contributed by atoms with E-state index in [4.69, 9.17) is 4.74 Å². The van der Waals surface area contributed by atoms with Crippen LogP contribution in [0.4, 0.5) is 26.7 Å². The summed E-state index contributed by atoms with van der Waals surface area (Å²) >= 11 is 0. The van der Waals surface area contributed by atoms with Gasteiger partial charge in [-0.05, 0) is 37.1 Å². The molecule has 2 fully saturated rings. The molecule has 2 saturated heterocycles. The normalized spacial score (nSPS) is 17.6. The number of halogens is 5. The number of carbonyl (C=O) groups is 2. The van der Waals surface area contributed by atoms with Gasteiger partial charge in [0.2, 0.25) is 0 Å². The molecule has 5 rings (SSSR count). The van der Waals surface area contributed by atoms with Crippen molar-refractivity contribution in [3.8, 4) is 0 Å². The third-order valence-corrected chi connectivity index (χ3v) is 7.23. The van der Waals surface area contributed by atoms with E-state index < -0.39 is 41.6 Å². The summed E-state index contributed by atoms with van der Waals surface area (Å²) in [6, 6.07) is 6.63. The number of nitrogens with one attached hydrogen (secondary N) is 1. The average molecular weight is 553 g/mol. The Bertz CT molecular complexity index is 1360. The van der Waals surface area contributed by atoms with Crippen LogP contribution in [0.15, 0.2) is 30.3 Å². The van der Waals surface area contributed by atoms with Crippen LogP contribution in [0.25, 0.3) is 11.0 Å². The van der Waals surface area contributed by atoms with Gasteiger partial charge in [0.05, 0.1) is 11.1 Å². The molecule has 2 amide bonds. The molecule has 0 saturated carbocycles. The number of rotatable bonds is 4. The Hall–Kier alpha value is -3.81. The molecule has 0 radical (unpaired) electrons. The predicted octanol–water partition coefficient (Wildman–Crippen LogP) is 3.81. The van der Waals surface area contributed by atoms with Crippen molar-refractivity contribution in [2.45, 2.75) is 31.7 Å². The average Bonchev–Trinajstić information content (AvgIpc) is 3.41. The summed E-state index contributed by atoms with van der Waals surface area (Å²) in [5.74, 6) is -3.77. The van der Waals surface area contributed by atoms with Crippen LogP contribution in [0.3, 0.4) is 0 Å². The molecule has 1 N–H and O–H groups in total. The third-order valence-electron chi connectivity index (χ3n) is 7.23. The second-order valence-electron chi connectivity index (χ2n) is 9.54. The molecule has 0 atom stereocenters. The van der Waals surface area contributed by atoms with E-state index in [0.717, 1.165) is 11.6 Å². The molecule has 0 aliphatic carbocycles. The highest BCUT2D eigenvalue weighted by Crippen LogP contribution is 2.33. The second kappa shape index (κ2) is 10.8. The minimum atomic E-state index is -5.03. The SMILES string of the molecule is O=C(OCc1ccc(C(F)(F)F)c(F)c1F)N1CCC(N2CCN(C(=O)c3ccc4[nH]nnc4c3)CC2)CC1. The lowest BCUT2D eigenvalue weighted by molar-refractivity contribution is -0.140. The lowest BCUT2D eigenvalue weighted by Gasteiger charge is -2.42. The van der Waals surface area contributed by atoms with Crippen molar-refractivity contribution in [2.24, 2.45) is 0 Å². The van der Waals surface area contributed by atoms with Gasteiger partial charge in [-0.25, -0.2) is 13.6 Å². The van der Waals surface area contributed by atoms with Gasteiger partial charge in [0, 0.05) is 56.4 Å². The van der Waals surface area contributed by atoms with Crippen LogP contribution < -0.4 is 0 Å². The fraction of sp³-hybridized carbons (Fsp3) is 0.440. The molecular weight excluding hydrogens is 527 g/mol. The first-order chi connectivity index (χ1) is 18.6. The molecule has 9 nitrogen and oxygen atoms in total. The molecule has 39 heavy (non-hydrogen) atoms. The van der Waals surface area contributed by atoms with E-state index in [0.29, 0.717) is 69.3 Å². The zero-order valence-corrected chi connectivity index (χ0v) is 20.7. The van der Waals surface area contributed by atoms with Crippen LogP contribution in [0, 0.1) is 11.6 Å². The van der Waals surface area contributed by atoms with Crippen LogP contribution >= 0.6 is 0 Å². The lowest BCUT2D eigenvalue weighted by atomic mass is 10.0. The predicted molar refractivity (Wildman–Crippen MR) is 128 cm³/mol. The van der Waals surface area contributed by atoms with Crippen molar-refractivity contribution < 1.29 is 36.3 Å². The Balaban J connectivity index is 1.08. The van der Waals surface area contributed by atoms with Crippen LogP contribution in [-0.2, 0) is 17.5 Å². The fourth-order valence-corrected chi connectivity index (χ4v) is 5.01. The molecule has 0 bridgehead atoms. The number of aromatic amines is 1. The summed E-state index contributed by atoms with van der Waals surface area (Å²) in [4.78, 5) is 30.9. The quantitative estimate of drug-likeness (QED) is 0.495. The molecule has 2 aliphatic rings. The minimum absolute atomic E-state index is 0.0681. The number of fused-ring (bicyclic) bond motifs is 1. The second-order valence-corrected chi connectivity index (χ2v) is 9.54. The Morgan fingerprint density at radius 3 is 2.36 bits per heavy atom. The molecule has 1 aromatic heterocycles. The van der Waals surface area contributed by atoms with Crippen molar-refractivity contribution in [2.75, 3.05) is 39.3 Å². The van der Waals surface area contributed by atoms with Gasteiger partial charge in [-0.2, -0.15) is 13.2 Å². The number of H-pyrrole nitrogens is 1. The molecule has 0 spiro atoms. The van der Waals surface area contributed by atoms with Crippen molar-refractivity contribution in [3.63, 3.8) is 0 Å². The number of hydrogen-bond donors (Lipinski definition) is 1. The van der Waals surface area contributed by atoms with Crippen molar-refractivity contribution in [1.29, 1.82) is 0 Å². The Morgan fingerprint density at radius 1 is 0.949 bits per heavy atom. The largest absolute Gasteiger partial charge is 0.444 e.